The van der Waals surface area contributed by atoms with Gasteiger partial charge in [0.2, 0.25) is 5.89 Å². The average Bonchev–Trinajstić information content (AvgIpc) is 3.04. The molecule has 0 saturated carbocycles. The van der Waals surface area contributed by atoms with E-state index in [9.17, 15) is 4.79 Å². The molecule has 1 saturated heterocycles. The maximum atomic E-state index is 12.1. The van der Waals surface area contributed by atoms with Gasteiger partial charge in [-0.15, -0.1) is 0 Å². The van der Waals surface area contributed by atoms with E-state index in [4.69, 9.17) is 9.26 Å². The topological polar surface area (TPSA) is 80.5 Å². The molecule has 1 N–H and O–H groups in total. The number of carbonyl (C=O) groups excluding carboxylic acids is 1. The summed E-state index contributed by atoms with van der Waals surface area (Å²) in [6, 6.07) is 7.81. The molecule has 0 bridgehead atoms. The van der Waals surface area contributed by atoms with Gasteiger partial charge in [-0.3, -0.25) is 0 Å². The van der Waals surface area contributed by atoms with Gasteiger partial charge >= 0.3 is 6.03 Å². The molecule has 1 aromatic heterocycles. The first kappa shape index (κ1) is 17.3. The first-order chi connectivity index (χ1) is 12.1. The van der Waals surface area contributed by atoms with Crippen molar-refractivity contribution in [2.24, 2.45) is 0 Å². The number of urea groups is 1. The number of ether oxygens (including phenoxy) is 1. The van der Waals surface area contributed by atoms with E-state index in [0.717, 1.165) is 23.6 Å². The summed E-state index contributed by atoms with van der Waals surface area (Å²) < 4.78 is 10.4. The zero-order valence-corrected chi connectivity index (χ0v) is 14.9. The second kappa shape index (κ2) is 7.55. The summed E-state index contributed by atoms with van der Waals surface area (Å²) in [5.74, 6) is 2.58. The van der Waals surface area contributed by atoms with Crippen LogP contribution in [0.25, 0.3) is 0 Å². The second-order valence-electron chi connectivity index (χ2n) is 6.58. The minimum atomic E-state index is -0.0478. The third kappa shape index (κ3) is 4.10. The van der Waals surface area contributed by atoms with Crippen LogP contribution in [0, 0.1) is 0 Å². The fourth-order valence-electron chi connectivity index (χ4n) is 2.67. The van der Waals surface area contributed by atoms with Crippen LogP contribution in [0.1, 0.15) is 43.0 Å². The van der Waals surface area contributed by atoms with Crippen molar-refractivity contribution in [1.29, 1.82) is 0 Å². The number of benzene rings is 1. The molecule has 25 heavy (non-hydrogen) atoms. The molecule has 7 nitrogen and oxygen atoms in total. The molecule has 1 aliphatic rings. The van der Waals surface area contributed by atoms with Crippen LogP contribution in [0.5, 0.6) is 5.75 Å². The summed E-state index contributed by atoms with van der Waals surface area (Å²) in [5, 5.41) is 6.92. The van der Waals surface area contributed by atoms with Gasteiger partial charge in [0.1, 0.15) is 5.75 Å². The Kier molecular flexibility index (Phi) is 5.21. The molecular weight excluding hydrogens is 320 g/mol. The zero-order valence-electron chi connectivity index (χ0n) is 14.9. The zero-order chi connectivity index (χ0) is 17.8. The van der Waals surface area contributed by atoms with E-state index in [0.29, 0.717) is 25.5 Å². The Morgan fingerprint density at radius 2 is 2.08 bits per heavy atom. The molecule has 0 radical (unpaired) electrons. The summed E-state index contributed by atoms with van der Waals surface area (Å²) in [7, 11) is 1.65. The van der Waals surface area contributed by atoms with E-state index < -0.39 is 0 Å². The minimum absolute atomic E-state index is 0.0478. The van der Waals surface area contributed by atoms with Crippen molar-refractivity contribution >= 4 is 6.03 Å². The van der Waals surface area contributed by atoms with Crippen molar-refractivity contribution in [3.8, 4) is 5.75 Å². The predicted molar refractivity (Wildman–Crippen MR) is 92.8 cm³/mol. The number of carbonyl (C=O) groups is 1. The lowest BCUT2D eigenvalue weighted by molar-refractivity contribution is 0.137. The van der Waals surface area contributed by atoms with E-state index in [-0.39, 0.29) is 17.9 Å². The van der Waals surface area contributed by atoms with Crippen molar-refractivity contribution in [1.82, 2.24) is 20.4 Å². The van der Waals surface area contributed by atoms with Crippen LogP contribution in [-0.2, 0) is 6.42 Å². The lowest BCUT2D eigenvalue weighted by Gasteiger charge is -2.36. The second-order valence-corrected chi connectivity index (χ2v) is 6.58. The van der Waals surface area contributed by atoms with Gasteiger partial charge in [0.25, 0.3) is 0 Å². The van der Waals surface area contributed by atoms with E-state index in [2.05, 4.69) is 15.5 Å². The lowest BCUT2D eigenvalue weighted by atomic mass is 10.0. The number of aromatic nitrogens is 2. The molecule has 0 unspecified atom stereocenters. The number of nitrogens with one attached hydrogen (secondary N) is 1. The quantitative estimate of drug-likeness (QED) is 0.871. The van der Waals surface area contributed by atoms with Gasteiger partial charge in [0, 0.05) is 25.6 Å². The van der Waals surface area contributed by atoms with Gasteiger partial charge in [-0.1, -0.05) is 31.1 Å². The third-order valence-corrected chi connectivity index (χ3v) is 4.34. The Bertz CT molecular complexity index is 705. The monoisotopic (exact) mass is 344 g/mol. The number of nitrogens with zero attached hydrogens (tertiary/aromatic N) is 3. The number of rotatable bonds is 6. The highest BCUT2D eigenvalue weighted by Gasteiger charge is 2.35. The van der Waals surface area contributed by atoms with Crippen LogP contribution in [-0.4, -0.2) is 47.8 Å². The van der Waals surface area contributed by atoms with Crippen LogP contribution in [0.3, 0.4) is 0 Å². The van der Waals surface area contributed by atoms with Gasteiger partial charge in [-0.05, 0) is 24.1 Å². The van der Waals surface area contributed by atoms with Gasteiger partial charge < -0.3 is 19.5 Å². The van der Waals surface area contributed by atoms with E-state index in [1.54, 1.807) is 12.0 Å². The van der Waals surface area contributed by atoms with Crippen LogP contribution < -0.4 is 10.1 Å². The smallest absolute Gasteiger partial charge is 0.317 e. The van der Waals surface area contributed by atoms with Crippen molar-refractivity contribution in [2.45, 2.75) is 32.1 Å². The van der Waals surface area contributed by atoms with Crippen LogP contribution in [0.15, 0.2) is 28.8 Å². The average molecular weight is 344 g/mol. The number of methoxy groups -OCH3 is 1. The number of hydrogen-bond donors (Lipinski definition) is 1. The van der Waals surface area contributed by atoms with Gasteiger partial charge in [0.05, 0.1) is 13.0 Å². The summed E-state index contributed by atoms with van der Waals surface area (Å²) >= 11 is 0. The highest BCUT2D eigenvalue weighted by Crippen LogP contribution is 2.26. The van der Waals surface area contributed by atoms with E-state index >= 15 is 0 Å². The Hall–Kier alpha value is -2.57. The Morgan fingerprint density at radius 3 is 2.68 bits per heavy atom. The van der Waals surface area contributed by atoms with Crippen molar-refractivity contribution < 1.29 is 14.1 Å². The molecular formula is C18H24N4O3. The van der Waals surface area contributed by atoms with E-state index in [1.165, 1.54) is 0 Å². The molecule has 2 amide bonds. The lowest BCUT2D eigenvalue weighted by Crippen LogP contribution is -2.52. The first-order valence-corrected chi connectivity index (χ1v) is 8.56. The highest BCUT2D eigenvalue weighted by atomic mass is 16.5. The fraction of sp³-hybridized carbons (Fsp3) is 0.500. The molecule has 134 valence electrons. The van der Waals surface area contributed by atoms with E-state index in [1.807, 2.05) is 38.1 Å². The molecule has 2 aromatic rings. The number of hydrogen-bond acceptors (Lipinski definition) is 5. The SMILES string of the molecule is COc1ccc(CCNC(=O)N2CC(c3nc(C(C)C)no3)C2)cc1. The van der Waals surface area contributed by atoms with Gasteiger partial charge in [-0.2, -0.15) is 4.98 Å². The van der Waals surface area contributed by atoms with Crippen LogP contribution in [0.2, 0.25) is 0 Å². The number of likely N-dealkylation sites (tertiary alicyclic amines) is 1. The molecule has 0 spiro atoms. The molecule has 2 heterocycles. The molecule has 1 aromatic carbocycles. The molecule has 1 fully saturated rings. The highest BCUT2D eigenvalue weighted by molar-refractivity contribution is 5.75. The van der Waals surface area contributed by atoms with Crippen molar-refractivity contribution in [3.63, 3.8) is 0 Å². The summed E-state index contributed by atoms with van der Waals surface area (Å²) in [4.78, 5) is 18.3. The summed E-state index contributed by atoms with van der Waals surface area (Å²) in [5.41, 5.74) is 1.16. The molecule has 7 heteroatoms. The molecule has 1 aliphatic heterocycles. The normalized spacial score (nSPS) is 14.5. The van der Waals surface area contributed by atoms with Crippen LogP contribution >= 0.6 is 0 Å². The maximum absolute atomic E-state index is 12.1. The maximum Gasteiger partial charge on any atom is 0.317 e. The molecule has 0 aliphatic carbocycles. The standard InChI is InChI=1S/C18H24N4O3/c1-12(2)16-20-17(25-21-16)14-10-22(11-14)18(23)19-9-8-13-4-6-15(24-3)7-5-13/h4-7,12,14H,8-11H2,1-3H3,(H,19,23). The molecule has 0 atom stereocenters. The fourth-order valence-corrected chi connectivity index (χ4v) is 2.67. The Balaban J connectivity index is 1.39. The van der Waals surface area contributed by atoms with Crippen molar-refractivity contribution in [2.75, 3.05) is 26.7 Å². The Morgan fingerprint density at radius 1 is 1.36 bits per heavy atom. The van der Waals surface area contributed by atoms with Crippen LogP contribution in [0.4, 0.5) is 4.79 Å². The van der Waals surface area contributed by atoms with Gasteiger partial charge in [-0.25, -0.2) is 4.79 Å². The predicted octanol–water partition coefficient (Wildman–Crippen LogP) is 2.55. The van der Waals surface area contributed by atoms with Crippen molar-refractivity contribution in [3.05, 3.63) is 41.5 Å². The molecule has 3 rings (SSSR count). The Labute approximate surface area is 147 Å². The third-order valence-electron chi connectivity index (χ3n) is 4.34. The summed E-state index contributed by atoms with van der Waals surface area (Å²) in [6.45, 7) is 5.89. The largest absolute Gasteiger partial charge is 0.497 e. The summed E-state index contributed by atoms with van der Waals surface area (Å²) in [6.07, 6.45) is 0.786. The first-order valence-electron chi connectivity index (χ1n) is 8.56. The minimum Gasteiger partial charge on any atom is -0.497 e. The number of amides is 2. The van der Waals surface area contributed by atoms with Gasteiger partial charge in [0.15, 0.2) is 5.82 Å².